The Bertz CT molecular complexity index is 1230. The van der Waals surface area contributed by atoms with Crippen LogP contribution in [-0.2, 0) is 6.54 Å². The third kappa shape index (κ3) is 2.94. The fraction of sp³-hybridized carbons (Fsp3) is 0.368. The highest BCUT2D eigenvalue weighted by atomic mass is 19.3. The van der Waals surface area contributed by atoms with Crippen LogP contribution in [0, 0.1) is 12.7 Å². The van der Waals surface area contributed by atoms with Crippen LogP contribution >= 0.6 is 0 Å². The van der Waals surface area contributed by atoms with Crippen molar-refractivity contribution in [3.8, 4) is 0 Å². The minimum atomic E-state index is -2.96. The number of nitrogens with zero attached hydrogens (tertiary/aromatic N) is 7. The quantitative estimate of drug-likeness (QED) is 0.528. The molecule has 0 unspecified atom stereocenters. The molecule has 150 valence electrons. The highest BCUT2D eigenvalue weighted by Gasteiger charge is 2.49. The summed E-state index contributed by atoms with van der Waals surface area (Å²) < 4.78 is 47.0. The van der Waals surface area contributed by atoms with Gasteiger partial charge in [-0.3, -0.25) is 9.88 Å². The van der Waals surface area contributed by atoms with Crippen LogP contribution in [0.25, 0.3) is 21.9 Å². The molecule has 0 radical (unpaired) electrons. The SMILES string of the molecule is Cc1cn(Cc2nc3cnc4ccc(F)cc4c3n2[C@H]2CN(C)CC2(F)F)nn1. The van der Waals surface area contributed by atoms with E-state index >= 15 is 0 Å². The zero-order valence-electron chi connectivity index (χ0n) is 15.8. The smallest absolute Gasteiger partial charge is 0.282 e. The van der Waals surface area contributed by atoms with Gasteiger partial charge in [0.2, 0.25) is 0 Å². The molecule has 1 fully saturated rings. The Balaban J connectivity index is 1.79. The highest BCUT2D eigenvalue weighted by Crippen LogP contribution is 2.40. The Kier molecular flexibility index (Phi) is 3.89. The molecule has 5 rings (SSSR count). The largest absolute Gasteiger partial charge is 0.315 e. The number of aromatic nitrogens is 6. The van der Waals surface area contributed by atoms with Crippen LogP contribution in [0.1, 0.15) is 17.6 Å². The lowest BCUT2D eigenvalue weighted by molar-refractivity contribution is -0.0202. The van der Waals surface area contributed by atoms with Crippen molar-refractivity contribution in [3.63, 3.8) is 0 Å². The molecule has 1 aliphatic rings. The second-order valence-corrected chi connectivity index (χ2v) is 7.58. The number of fused-ring (bicyclic) bond motifs is 3. The molecule has 1 aliphatic heterocycles. The zero-order chi connectivity index (χ0) is 20.3. The number of likely N-dealkylation sites (N-methyl/N-ethyl adjacent to an activating group) is 1. The maximum atomic E-state index is 14.9. The van der Waals surface area contributed by atoms with Crippen LogP contribution in [0.4, 0.5) is 13.2 Å². The average molecular weight is 401 g/mol. The minimum Gasteiger partial charge on any atom is -0.315 e. The number of pyridine rings is 1. The molecular weight excluding hydrogens is 383 g/mol. The molecule has 0 aliphatic carbocycles. The van der Waals surface area contributed by atoms with Crippen LogP contribution < -0.4 is 0 Å². The summed E-state index contributed by atoms with van der Waals surface area (Å²) in [6.45, 7) is 1.77. The summed E-state index contributed by atoms with van der Waals surface area (Å²) in [5.41, 5.74) is 2.15. The molecule has 0 amide bonds. The molecule has 7 nitrogen and oxygen atoms in total. The van der Waals surface area contributed by atoms with Crippen molar-refractivity contribution in [2.45, 2.75) is 25.4 Å². The highest BCUT2D eigenvalue weighted by molar-refractivity contribution is 6.02. The summed E-state index contributed by atoms with van der Waals surface area (Å²) in [5.74, 6) is -3.01. The van der Waals surface area contributed by atoms with E-state index in [2.05, 4.69) is 20.3 Å². The molecule has 4 aromatic rings. The number of aryl methyl sites for hydroxylation is 1. The topological polar surface area (TPSA) is 64.7 Å². The number of alkyl halides is 2. The van der Waals surface area contributed by atoms with E-state index in [1.54, 1.807) is 46.6 Å². The number of hydrogen-bond donors (Lipinski definition) is 0. The van der Waals surface area contributed by atoms with Crippen LogP contribution in [0.3, 0.4) is 0 Å². The van der Waals surface area contributed by atoms with Gasteiger partial charge >= 0.3 is 0 Å². The van der Waals surface area contributed by atoms with E-state index in [-0.39, 0.29) is 19.6 Å². The molecule has 29 heavy (non-hydrogen) atoms. The summed E-state index contributed by atoms with van der Waals surface area (Å²) >= 11 is 0. The summed E-state index contributed by atoms with van der Waals surface area (Å²) in [6, 6.07) is 3.04. The maximum Gasteiger partial charge on any atom is 0.282 e. The van der Waals surface area contributed by atoms with Crippen molar-refractivity contribution in [3.05, 3.63) is 47.9 Å². The van der Waals surface area contributed by atoms with Gasteiger partial charge in [-0.15, -0.1) is 5.10 Å². The van der Waals surface area contributed by atoms with Crippen molar-refractivity contribution in [2.75, 3.05) is 20.1 Å². The third-order valence-corrected chi connectivity index (χ3v) is 5.27. The normalized spacial score (nSPS) is 19.6. The van der Waals surface area contributed by atoms with E-state index < -0.39 is 17.8 Å². The number of halogens is 3. The van der Waals surface area contributed by atoms with Gasteiger partial charge in [0.05, 0.1) is 29.5 Å². The molecule has 3 aromatic heterocycles. The third-order valence-electron chi connectivity index (χ3n) is 5.27. The van der Waals surface area contributed by atoms with E-state index in [9.17, 15) is 13.2 Å². The molecule has 10 heteroatoms. The van der Waals surface area contributed by atoms with E-state index in [0.29, 0.717) is 33.5 Å². The molecule has 1 aromatic carbocycles. The first-order valence-corrected chi connectivity index (χ1v) is 9.20. The summed E-state index contributed by atoms with van der Waals surface area (Å²) in [6.07, 6.45) is 3.26. The van der Waals surface area contributed by atoms with Crippen molar-refractivity contribution in [1.82, 2.24) is 34.4 Å². The Morgan fingerprint density at radius 3 is 2.76 bits per heavy atom. The molecule has 0 spiro atoms. The lowest BCUT2D eigenvalue weighted by Crippen LogP contribution is -2.31. The molecular formula is C19H18F3N7. The van der Waals surface area contributed by atoms with Gasteiger partial charge in [-0.2, -0.15) is 0 Å². The van der Waals surface area contributed by atoms with E-state index in [1.807, 2.05) is 0 Å². The molecule has 1 atom stereocenters. The molecule has 4 heterocycles. The fourth-order valence-corrected chi connectivity index (χ4v) is 4.09. The number of rotatable bonds is 3. The average Bonchev–Trinajstić information content (AvgIpc) is 3.29. The number of likely N-dealkylation sites (tertiary alicyclic amines) is 1. The lowest BCUT2D eigenvalue weighted by Gasteiger charge is -2.22. The van der Waals surface area contributed by atoms with Gasteiger partial charge in [-0.05, 0) is 32.2 Å². The van der Waals surface area contributed by atoms with Crippen molar-refractivity contribution >= 4 is 21.9 Å². The van der Waals surface area contributed by atoms with Crippen LogP contribution in [0.15, 0.2) is 30.6 Å². The first kappa shape index (κ1) is 18.0. The maximum absolute atomic E-state index is 14.9. The number of imidazole rings is 1. The lowest BCUT2D eigenvalue weighted by atomic mass is 10.1. The van der Waals surface area contributed by atoms with Gasteiger partial charge in [-0.25, -0.2) is 22.8 Å². The van der Waals surface area contributed by atoms with Gasteiger partial charge in [0.25, 0.3) is 5.92 Å². The molecule has 0 saturated carbocycles. The molecule has 1 saturated heterocycles. The van der Waals surface area contributed by atoms with Gasteiger partial charge in [-0.1, -0.05) is 5.21 Å². The van der Waals surface area contributed by atoms with Gasteiger partial charge in [0.15, 0.2) is 0 Å². The van der Waals surface area contributed by atoms with Crippen molar-refractivity contribution < 1.29 is 13.2 Å². The van der Waals surface area contributed by atoms with Gasteiger partial charge in [0, 0.05) is 18.1 Å². The van der Waals surface area contributed by atoms with Crippen LogP contribution in [0.5, 0.6) is 0 Å². The second-order valence-electron chi connectivity index (χ2n) is 7.58. The number of benzene rings is 1. The van der Waals surface area contributed by atoms with E-state index in [1.165, 1.54) is 12.1 Å². The fourth-order valence-electron chi connectivity index (χ4n) is 4.09. The monoisotopic (exact) mass is 401 g/mol. The Morgan fingerprint density at radius 2 is 2.07 bits per heavy atom. The van der Waals surface area contributed by atoms with Gasteiger partial charge < -0.3 is 4.57 Å². The Labute approximate surface area is 163 Å². The summed E-state index contributed by atoms with van der Waals surface area (Å²) in [5, 5.41) is 8.43. The minimum absolute atomic E-state index is 0.154. The first-order valence-electron chi connectivity index (χ1n) is 9.20. The second kappa shape index (κ2) is 6.24. The van der Waals surface area contributed by atoms with Crippen molar-refractivity contribution in [2.24, 2.45) is 0 Å². The Morgan fingerprint density at radius 1 is 1.24 bits per heavy atom. The predicted octanol–water partition coefficient (Wildman–Crippen LogP) is 2.79. The summed E-state index contributed by atoms with van der Waals surface area (Å²) in [7, 11) is 1.66. The molecule has 0 N–H and O–H groups in total. The summed E-state index contributed by atoms with van der Waals surface area (Å²) in [4.78, 5) is 10.5. The first-order chi connectivity index (χ1) is 13.8. The standard InChI is InChI=1S/C19H18F3N7/c1-11-7-28(26-25-11)9-17-24-15-6-23-14-4-3-12(20)5-13(14)18(15)29(17)16-8-27(2)10-19(16,21)22/h3-7,16H,8-10H2,1-2H3/t16-/m0/s1. The zero-order valence-corrected chi connectivity index (χ0v) is 15.8. The van der Waals surface area contributed by atoms with Crippen LogP contribution in [-0.4, -0.2) is 60.5 Å². The Hall–Kier alpha value is -3.01. The van der Waals surface area contributed by atoms with Crippen LogP contribution in [0.2, 0.25) is 0 Å². The molecule has 0 bridgehead atoms. The van der Waals surface area contributed by atoms with Crippen molar-refractivity contribution in [1.29, 1.82) is 0 Å². The predicted molar refractivity (Wildman–Crippen MR) is 100 cm³/mol. The van der Waals surface area contributed by atoms with Gasteiger partial charge in [0.1, 0.15) is 29.7 Å². The van der Waals surface area contributed by atoms with E-state index in [4.69, 9.17) is 0 Å². The number of hydrogen-bond acceptors (Lipinski definition) is 5. The van der Waals surface area contributed by atoms with E-state index in [0.717, 1.165) is 0 Å².